The first-order valence-corrected chi connectivity index (χ1v) is 9.41. The van der Waals surface area contributed by atoms with Gasteiger partial charge in [0.15, 0.2) is 6.61 Å². The fourth-order valence-electron chi connectivity index (χ4n) is 3.40. The van der Waals surface area contributed by atoms with E-state index < -0.39 is 0 Å². The molecule has 2 heterocycles. The van der Waals surface area contributed by atoms with Gasteiger partial charge < -0.3 is 24.7 Å². The Bertz CT molecular complexity index is 1030. The second-order valence-corrected chi connectivity index (χ2v) is 6.86. The number of rotatable bonds is 6. The maximum Gasteiger partial charge on any atom is 0.258 e. The van der Waals surface area contributed by atoms with Crippen LogP contribution in [-0.4, -0.2) is 41.1 Å². The van der Waals surface area contributed by atoms with Gasteiger partial charge in [-0.1, -0.05) is 18.2 Å². The van der Waals surface area contributed by atoms with E-state index in [2.05, 4.69) is 20.2 Å². The molecule has 0 bridgehead atoms. The molecule has 0 unspecified atom stereocenters. The van der Waals surface area contributed by atoms with Gasteiger partial charge in [-0.3, -0.25) is 9.59 Å². The van der Waals surface area contributed by atoms with Gasteiger partial charge in [-0.05, 0) is 30.3 Å². The Morgan fingerprint density at radius 2 is 2.07 bits per heavy atom. The van der Waals surface area contributed by atoms with Crippen LogP contribution in [0.25, 0.3) is 11.0 Å². The molecule has 29 heavy (non-hydrogen) atoms. The number of anilines is 1. The highest BCUT2D eigenvalue weighted by Crippen LogP contribution is 2.27. The van der Waals surface area contributed by atoms with Crippen molar-refractivity contribution in [2.24, 2.45) is 0 Å². The van der Waals surface area contributed by atoms with Gasteiger partial charge in [0.05, 0.1) is 23.7 Å². The minimum Gasteiger partial charge on any atom is -0.484 e. The van der Waals surface area contributed by atoms with E-state index in [1.807, 2.05) is 36.4 Å². The minimum absolute atomic E-state index is 0.0464. The van der Waals surface area contributed by atoms with E-state index in [1.54, 1.807) is 12.1 Å². The van der Waals surface area contributed by atoms with Crippen molar-refractivity contribution in [3.63, 3.8) is 0 Å². The number of ether oxygens (including phenoxy) is 2. The first-order valence-electron chi connectivity index (χ1n) is 9.41. The highest BCUT2D eigenvalue weighted by Gasteiger charge is 2.24. The predicted molar refractivity (Wildman–Crippen MR) is 108 cm³/mol. The zero-order valence-corrected chi connectivity index (χ0v) is 16.1. The molecular formula is C21H22N4O4. The van der Waals surface area contributed by atoms with Crippen LogP contribution in [0.2, 0.25) is 0 Å². The van der Waals surface area contributed by atoms with Crippen LogP contribution in [0.4, 0.5) is 5.69 Å². The molecule has 1 aromatic heterocycles. The Kier molecular flexibility index (Phi) is 5.44. The van der Waals surface area contributed by atoms with E-state index in [4.69, 9.17) is 9.47 Å². The minimum atomic E-state index is -0.196. The highest BCUT2D eigenvalue weighted by molar-refractivity contribution is 5.91. The maximum atomic E-state index is 12.2. The average Bonchev–Trinajstić information content (AvgIpc) is 3.09. The van der Waals surface area contributed by atoms with E-state index in [9.17, 15) is 9.59 Å². The fourth-order valence-corrected chi connectivity index (χ4v) is 3.40. The van der Waals surface area contributed by atoms with Crippen molar-refractivity contribution in [3.05, 3.63) is 54.4 Å². The summed E-state index contributed by atoms with van der Waals surface area (Å²) in [6, 6.07) is 14.8. The molecule has 0 saturated heterocycles. The number of para-hydroxylation sites is 1. The van der Waals surface area contributed by atoms with E-state index >= 15 is 0 Å². The third-order valence-corrected chi connectivity index (χ3v) is 4.64. The van der Waals surface area contributed by atoms with Gasteiger partial charge in [-0.25, -0.2) is 4.98 Å². The Hall–Kier alpha value is -3.39. The van der Waals surface area contributed by atoms with Crippen LogP contribution in [0.15, 0.2) is 48.5 Å². The molecule has 3 aromatic rings. The number of fused-ring (bicyclic) bond motifs is 3. The molecule has 0 aliphatic carbocycles. The summed E-state index contributed by atoms with van der Waals surface area (Å²) in [7, 11) is 0. The summed E-state index contributed by atoms with van der Waals surface area (Å²) in [4.78, 5) is 28.1. The lowest BCUT2D eigenvalue weighted by Gasteiger charge is -2.26. The molecule has 2 N–H and O–H groups in total. The fraction of sp³-hybridized carbons (Fsp3) is 0.286. The SMILES string of the molecule is CC(=O)Nc1ccc2c(c1)nc1n2[C@@H](CNC(=O)COc2ccccc2)COC1. The van der Waals surface area contributed by atoms with Crippen LogP contribution in [0.1, 0.15) is 18.8 Å². The van der Waals surface area contributed by atoms with E-state index in [0.29, 0.717) is 31.2 Å². The van der Waals surface area contributed by atoms with Crippen LogP contribution in [0.3, 0.4) is 0 Å². The molecule has 0 saturated carbocycles. The van der Waals surface area contributed by atoms with Crippen molar-refractivity contribution in [2.75, 3.05) is 25.1 Å². The molecule has 150 valence electrons. The largest absolute Gasteiger partial charge is 0.484 e. The molecule has 1 atom stereocenters. The van der Waals surface area contributed by atoms with Gasteiger partial charge in [0.2, 0.25) is 5.91 Å². The van der Waals surface area contributed by atoms with Crippen LogP contribution in [-0.2, 0) is 20.9 Å². The quantitative estimate of drug-likeness (QED) is 0.669. The third-order valence-electron chi connectivity index (χ3n) is 4.64. The lowest BCUT2D eigenvalue weighted by Crippen LogP contribution is -2.37. The smallest absolute Gasteiger partial charge is 0.258 e. The summed E-state index contributed by atoms with van der Waals surface area (Å²) >= 11 is 0. The Morgan fingerprint density at radius 1 is 1.24 bits per heavy atom. The highest BCUT2D eigenvalue weighted by atomic mass is 16.5. The molecular weight excluding hydrogens is 372 g/mol. The van der Waals surface area contributed by atoms with Gasteiger partial charge in [-0.2, -0.15) is 0 Å². The van der Waals surface area contributed by atoms with Crippen LogP contribution >= 0.6 is 0 Å². The number of hydrogen-bond acceptors (Lipinski definition) is 5. The molecule has 2 amide bonds. The van der Waals surface area contributed by atoms with E-state index in [1.165, 1.54) is 6.92 Å². The van der Waals surface area contributed by atoms with Crippen molar-refractivity contribution >= 4 is 28.5 Å². The molecule has 1 aliphatic rings. The lowest BCUT2D eigenvalue weighted by molar-refractivity contribution is -0.123. The zero-order chi connectivity index (χ0) is 20.2. The number of hydrogen-bond donors (Lipinski definition) is 2. The van der Waals surface area contributed by atoms with Crippen molar-refractivity contribution in [1.29, 1.82) is 0 Å². The topological polar surface area (TPSA) is 94.5 Å². The summed E-state index contributed by atoms with van der Waals surface area (Å²) < 4.78 is 13.2. The van der Waals surface area contributed by atoms with Gasteiger partial charge >= 0.3 is 0 Å². The van der Waals surface area contributed by atoms with Crippen LogP contribution < -0.4 is 15.4 Å². The normalized spacial score (nSPS) is 15.6. The van der Waals surface area contributed by atoms with Gasteiger partial charge in [-0.15, -0.1) is 0 Å². The summed E-state index contributed by atoms with van der Waals surface area (Å²) in [6.07, 6.45) is 0. The summed E-state index contributed by atoms with van der Waals surface area (Å²) in [5.41, 5.74) is 2.42. The standard InChI is InChI=1S/C21H22N4O4/c1-14(26)23-15-7-8-19-18(9-15)24-20-12-28-11-16(25(19)20)10-22-21(27)13-29-17-5-3-2-4-6-17/h2-9,16H,10-13H2,1H3,(H,22,27)(H,23,26)/t16-/m0/s1. The zero-order valence-electron chi connectivity index (χ0n) is 16.1. The van der Waals surface area contributed by atoms with E-state index in [0.717, 1.165) is 16.9 Å². The Balaban J connectivity index is 1.43. The first kappa shape index (κ1) is 18.9. The number of aromatic nitrogens is 2. The Morgan fingerprint density at radius 3 is 2.86 bits per heavy atom. The summed E-state index contributed by atoms with van der Waals surface area (Å²) in [5.74, 6) is 1.13. The number of carbonyl (C=O) groups is 2. The van der Waals surface area contributed by atoms with Gasteiger partial charge in [0, 0.05) is 19.2 Å². The Labute approximate surface area is 167 Å². The number of imidazole rings is 1. The van der Waals surface area contributed by atoms with Crippen molar-refractivity contribution in [2.45, 2.75) is 19.6 Å². The monoisotopic (exact) mass is 394 g/mol. The van der Waals surface area contributed by atoms with Crippen LogP contribution in [0, 0.1) is 0 Å². The van der Waals surface area contributed by atoms with Gasteiger partial charge in [0.1, 0.15) is 18.2 Å². The molecule has 0 radical (unpaired) electrons. The number of nitrogens with one attached hydrogen (secondary N) is 2. The third kappa shape index (κ3) is 4.38. The lowest BCUT2D eigenvalue weighted by atomic mass is 10.2. The van der Waals surface area contributed by atoms with Gasteiger partial charge in [0.25, 0.3) is 5.91 Å². The second-order valence-electron chi connectivity index (χ2n) is 6.86. The van der Waals surface area contributed by atoms with Crippen molar-refractivity contribution in [1.82, 2.24) is 14.9 Å². The van der Waals surface area contributed by atoms with Crippen LogP contribution in [0.5, 0.6) is 5.75 Å². The summed E-state index contributed by atoms with van der Waals surface area (Å²) in [6.45, 7) is 2.71. The second kappa shape index (κ2) is 8.32. The van der Waals surface area contributed by atoms with Crippen molar-refractivity contribution < 1.29 is 19.1 Å². The number of nitrogens with zero attached hydrogens (tertiary/aromatic N) is 2. The molecule has 2 aromatic carbocycles. The molecule has 0 fully saturated rings. The molecule has 1 aliphatic heterocycles. The molecule has 0 spiro atoms. The first-order chi connectivity index (χ1) is 14.1. The average molecular weight is 394 g/mol. The number of amides is 2. The van der Waals surface area contributed by atoms with Crippen molar-refractivity contribution in [3.8, 4) is 5.75 Å². The summed E-state index contributed by atoms with van der Waals surface area (Å²) in [5, 5.41) is 5.67. The maximum absolute atomic E-state index is 12.2. The van der Waals surface area contributed by atoms with E-state index in [-0.39, 0.29) is 24.5 Å². The molecule has 4 rings (SSSR count). The predicted octanol–water partition coefficient (Wildman–Crippen LogP) is 2.26. The molecule has 8 heteroatoms. The number of benzene rings is 2. The molecule has 8 nitrogen and oxygen atoms in total. The number of carbonyl (C=O) groups excluding carboxylic acids is 2.